The Kier molecular flexibility index (Phi) is 3.03. The largest absolute Gasteiger partial charge is 0.478 e. The molecule has 0 aromatic heterocycles. The first kappa shape index (κ1) is 11.6. The Morgan fingerprint density at radius 1 is 1.47 bits per heavy atom. The minimum Gasteiger partial charge on any atom is -0.478 e. The minimum absolute atomic E-state index is 0.137. The standard InChI is InChI=1S/C12H17NO2/c1-4-12(2,3)10-6-5-8(13)7-9(10)11(14)15/h5-7H,4,13H2,1-3H3,(H,14,15). The summed E-state index contributed by atoms with van der Waals surface area (Å²) in [6.45, 7) is 6.11. The second kappa shape index (κ2) is 3.93. The number of carboxylic acids is 1. The van der Waals surface area contributed by atoms with Crippen molar-refractivity contribution in [2.75, 3.05) is 5.73 Å². The Morgan fingerprint density at radius 2 is 2.07 bits per heavy atom. The zero-order valence-electron chi connectivity index (χ0n) is 9.37. The van der Waals surface area contributed by atoms with E-state index in [9.17, 15) is 4.79 Å². The summed E-state index contributed by atoms with van der Waals surface area (Å²) in [5.74, 6) is -0.918. The summed E-state index contributed by atoms with van der Waals surface area (Å²) in [6, 6.07) is 5.08. The molecule has 0 aliphatic rings. The molecule has 15 heavy (non-hydrogen) atoms. The number of nitrogen functional groups attached to an aromatic ring is 1. The average molecular weight is 207 g/mol. The predicted octanol–water partition coefficient (Wildman–Crippen LogP) is 2.65. The Bertz CT molecular complexity index is 383. The van der Waals surface area contributed by atoms with Crippen LogP contribution in [0.1, 0.15) is 43.1 Å². The summed E-state index contributed by atoms with van der Waals surface area (Å²) < 4.78 is 0. The molecule has 3 nitrogen and oxygen atoms in total. The van der Waals surface area contributed by atoms with Crippen molar-refractivity contribution in [3.05, 3.63) is 29.3 Å². The van der Waals surface area contributed by atoms with Gasteiger partial charge in [0.05, 0.1) is 5.56 Å². The Morgan fingerprint density at radius 3 is 2.53 bits per heavy atom. The maximum Gasteiger partial charge on any atom is 0.336 e. The molecule has 3 heteroatoms. The number of carboxylic acid groups (broad SMARTS) is 1. The fraction of sp³-hybridized carbons (Fsp3) is 0.417. The van der Waals surface area contributed by atoms with Crippen molar-refractivity contribution >= 4 is 11.7 Å². The van der Waals surface area contributed by atoms with Gasteiger partial charge in [0, 0.05) is 5.69 Å². The summed E-state index contributed by atoms with van der Waals surface area (Å²) in [7, 11) is 0. The third-order valence-electron chi connectivity index (χ3n) is 2.89. The van der Waals surface area contributed by atoms with Crippen molar-refractivity contribution in [1.29, 1.82) is 0 Å². The molecular weight excluding hydrogens is 190 g/mol. The van der Waals surface area contributed by atoms with E-state index in [0.29, 0.717) is 11.3 Å². The molecule has 0 heterocycles. The van der Waals surface area contributed by atoms with Crippen molar-refractivity contribution < 1.29 is 9.90 Å². The molecule has 0 saturated carbocycles. The van der Waals surface area contributed by atoms with Crippen LogP contribution in [0.3, 0.4) is 0 Å². The minimum atomic E-state index is -0.918. The van der Waals surface area contributed by atoms with Crippen LogP contribution < -0.4 is 5.73 Å². The highest BCUT2D eigenvalue weighted by Crippen LogP contribution is 2.30. The highest BCUT2D eigenvalue weighted by atomic mass is 16.4. The van der Waals surface area contributed by atoms with Crippen LogP contribution in [0.5, 0.6) is 0 Å². The van der Waals surface area contributed by atoms with Gasteiger partial charge in [0.1, 0.15) is 0 Å². The molecule has 1 aromatic carbocycles. The van der Waals surface area contributed by atoms with Gasteiger partial charge in [-0.15, -0.1) is 0 Å². The molecule has 0 amide bonds. The fourth-order valence-corrected chi connectivity index (χ4v) is 1.52. The van der Waals surface area contributed by atoms with Crippen LogP contribution in [-0.2, 0) is 5.41 Å². The highest BCUT2D eigenvalue weighted by Gasteiger charge is 2.24. The van der Waals surface area contributed by atoms with Crippen molar-refractivity contribution in [3.63, 3.8) is 0 Å². The van der Waals surface area contributed by atoms with Gasteiger partial charge in [-0.2, -0.15) is 0 Å². The normalized spacial score (nSPS) is 11.4. The third-order valence-corrected chi connectivity index (χ3v) is 2.89. The van der Waals surface area contributed by atoms with Crippen molar-refractivity contribution in [3.8, 4) is 0 Å². The maximum absolute atomic E-state index is 11.1. The number of benzene rings is 1. The van der Waals surface area contributed by atoms with Gasteiger partial charge in [-0.1, -0.05) is 26.8 Å². The van der Waals surface area contributed by atoms with E-state index in [1.807, 2.05) is 26.8 Å². The van der Waals surface area contributed by atoms with Gasteiger partial charge in [0.25, 0.3) is 0 Å². The van der Waals surface area contributed by atoms with E-state index in [-0.39, 0.29) is 5.41 Å². The first-order valence-corrected chi connectivity index (χ1v) is 5.02. The number of aromatic carboxylic acids is 1. The van der Waals surface area contributed by atoms with E-state index >= 15 is 0 Å². The first-order chi connectivity index (χ1) is 6.88. The quantitative estimate of drug-likeness (QED) is 0.749. The van der Waals surface area contributed by atoms with Crippen LogP contribution in [0.4, 0.5) is 5.69 Å². The second-order valence-corrected chi connectivity index (χ2v) is 4.35. The van der Waals surface area contributed by atoms with E-state index in [1.54, 1.807) is 6.07 Å². The van der Waals surface area contributed by atoms with Gasteiger partial charge in [-0.25, -0.2) is 4.79 Å². The summed E-state index contributed by atoms with van der Waals surface area (Å²) in [5, 5.41) is 9.09. The fourth-order valence-electron chi connectivity index (χ4n) is 1.52. The van der Waals surface area contributed by atoms with Crippen LogP contribution in [0.25, 0.3) is 0 Å². The monoisotopic (exact) mass is 207 g/mol. The summed E-state index contributed by atoms with van der Waals surface area (Å²) >= 11 is 0. The third kappa shape index (κ3) is 2.29. The van der Waals surface area contributed by atoms with Crippen LogP contribution in [0.15, 0.2) is 18.2 Å². The topological polar surface area (TPSA) is 63.3 Å². The Balaban J connectivity index is 3.35. The maximum atomic E-state index is 11.1. The molecule has 0 fully saturated rings. The number of anilines is 1. The number of nitrogens with two attached hydrogens (primary N) is 1. The van der Waals surface area contributed by atoms with Crippen molar-refractivity contribution in [1.82, 2.24) is 0 Å². The van der Waals surface area contributed by atoms with Gasteiger partial charge >= 0.3 is 5.97 Å². The zero-order valence-corrected chi connectivity index (χ0v) is 9.37. The number of carbonyl (C=O) groups is 1. The van der Waals surface area contributed by atoms with Gasteiger partial charge in [-0.3, -0.25) is 0 Å². The van der Waals surface area contributed by atoms with E-state index in [2.05, 4.69) is 0 Å². The Hall–Kier alpha value is -1.51. The number of hydrogen-bond acceptors (Lipinski definition) is 2. The molecule has 0 saturated heterocycles. The van der Waals surface area contributed by atoms with Gasteiger partial charge in [0.15, 0.2) is 0 Å². The lowest BCUT2D eigenvalue weighted by Gasteiger charge is -2.25. The molecule has 0 unspecified atom stereocenters. The molecule has 0 bridgehead atoms. The highest BCUT2D eigenvalue weighted by molar-refractivity contribution is 5.91. The molecule has 0 aliphatic heterocycles. The van der Waals surface area contributed by atoms with E-state index in [0.717, 1.165) is 12.0 Å². The van der Waals surface area contributed by atoms with Gasteiger partial charge in [0.2, 0.25) is 0 Å². The molecule has 0 radical (unpaired) electrons. The summed E-state index contributed by atoms with van der Waals surface area (Å²) in [5.41, 5.74) is 7.08. The van der Waals surface area contributed by atoms with Crippen molar-refractivity contribution in [2.24, 2.45) is 0 Å². The average Bonchev–Trinajstić information content (AvgIpc) is 2.17. The van der Waals surface area contributed by atoms with Crippen LogP contribution in [-0.4, -0.2) is 11.1 Å². The predicted molar refractivity (Wildman–Crippen MR) is 61.1 cm³/mol. The lowest BCUT2D eigenvalue weighted by Crippen LogP contribution is -2.20. The lowest BCUT2D eigenvalue weighted by molar-refractivity contribution is 0.0694. The van der Waals surface area contributed by atoms with E-state index in [4.69, 9.17) is 10.8 Å². The van der Waals surface area contributed by atoms with Crippen LogP contribution in [0.2, 0.25) is 0 Å². The second-order valence-electron chi connectivity index (χ2n) is 4.35. The van der Waals surface area contributed by atoms with Crippen LogP contribution in [0, 0.1) is 0 Å². The molecule has 0 aliphatic carbocycles. The summed E-state index contributed by atoms with van der Waals surface area (Å²) in [4.78, 5) is 11.1. The smallest absolute Gasteiger partial charge is 0.336 e. The van der Waals surface area contributed by atoms with E-state index in [1.165, 1.54) is 6.07 Å². The number of rotatable bonds is 3. The molecule has 0 spiro atoms. The van der Waals surface area contributed by atoms with Crippen LogP contribution >= 0.6 is 0 Å². The SMILES string of the molecule is CCC(C)(C)c1ccc(N)cc1C(=O)O. The summed E-state index contributed by atoms with van der Waals surface area (Å²) in [6.07, 6.45) is 0.886. The van der Waals surface area contributed by atoms with Crippen molar-refractivity contribution in [2.45, 2.75) is 32.6 Å². The van der Waals surface area contributed by atoms with Gasteiger partial charge in [-0.05, 0) is 29.5 Å². The molecular formula is C12H17NO2. The first-order valence-electron chi connectivity index (χ1n) is 5.02. The molecule has 1 rings (SSSR count). The lowest BCUT2D eigenvalue weighted by atomic mass is 9.79. The Labute approximate surface area is 89.9 Å². The molecule has 1 aromatic rings. The zero-order chi connectivity index (χ0) is 11.6. The number of hydrogen-bond donors (Lipinski definition) is 2. The van der Waals surface area contributed by atoms with Gasteiger partial charge < -0.3 is 10.8 Å². The molecule has 3 N–H and O–H groups in total. The molecule has 82 valence electrons. The molecule has 0 atom stereocenters. The van der Waals surface area contributed by atoms with E-state index < -0.39 is 5.97 Å².